The SMILES string of the molecule is C[C@H]1[C@H](O)CN1c1nc(-c2ccc(C(N)=O)cc2)c2c(n1)C1CC2C1. The number of nitrogens with two attached hydrogens (primary N) is 1. The molecule has 6 nitrogen and oxygen atoms in total. The van der Waals surface area contributed by atoms with E-state index in [9.17, 15) is 9.90 Å². The van der Waals surface area contributed by atoms with Crippen molar-refractivity contribution in [1.82, 2.24) is 9.97 Å². The first-order valence-electron chi connectivity index (χ1n) is 8.79. The predicted octanol–water partition coefficient (Wildman–Crippen LogP) is 1.79. The van der Waals surface area contributed by atoms with Crippen LogP contribution in [0.5, 0.6) is 0 Å². The van der Waals surface area contributed by atoms with Crippen molar-refractivity contribution in [1.29, 1.82) is 0 Å². The lowest BCUT2D eigenvalue weighted by atomic mass is 9.81. The number of aliphatic hydroxyl groups excluding tert-OH is 1. The fourth-order valence-electron chi connectivity index (χ4n) is 4.26. The first-order valence-corrected chi connectivity index (χ1v) is 8.79. The molecule has 0 unspecified atom stereocenters. The first-order chi connectivity index (χ1) is 12.0. The lowest BCUT2D eigenvalue weighted by Crippen LogP contribution is -2.59. The highest BCUT2D eigenvalue weighted by atomic mass is 16.3. The molecule has 1 aromatic carbocycles. The van der Waals surface area contributed by atoms with Crippen molar-refractivity contribution in [2.45, 2.75) is 43.7 Å². The molecule has 1 aromatic heterocycles. The Balaban J connectivity index is 1.61. The van der Waals surface area contributed by atoms with E-state index in [0.29, 0.717) is 29.9 Å². The van der Waals surface area contributed by atoms with Crippen LogP contribution in [0.2, 0.25) is 0 Å². The Morgan fingerprint density at radius 2 is 1.92 bits per heavy atom. The zero-order chi connectivity index (χ0) is 17.3. The summed E-state index contributed by atoms with van der Waals surface area (Å²) in [5, 5.41) is 9.83. The van der Waals surface area contributed by atoms with E-state index in [2.05, 4.69) is 4.90 Å². The summed E-state index contributed by atoms with van der Waals surface area (Å²) in [6, 6.07) is 7.37. The Morgan fingerprint density at radius 3 is 2.52 bits per heavy atom. The quantitative estimate of drug-likeness (QED) is 0.891. The van der Waals surface area contributed by atoms with E-state index in [4.69, 9.17) is 15.7 Å². The second-order valence-electron chi connectivity index (χ2n) is 7.44. The Kier molecular flexibility index (Phi) is 2.98. The van der Waals surface area contributed by atoms with Gasteiger partial charge in [-0.25, -0.2) is 9.97 Å². The number of rotatable bonds is 3. The van der Waals surface area contributed by atoms with Crippen molar-refractivity contribution in [3.05, 3.63) is 41.1 Å². The van der Waals surface area contributed by atoms with Crippen LogP contribution in [0.25, 0.3) is 11.3 Å². The molecular formula is C19H20N4O2. The van der Waals surface area contributed by atoms with Crippen LogP contribution in [-0.2, 0) is 0 Å². The number of β-amino-alcohol motifs (C(OH)–C–C–N with tert-alkyl or cyclic N) is 1. The predicted molar refractivity (Wildman–Crippen MR) is 93.5 cm³/mol. The molecule has 4 aliphatic rings. The van der Waals surface area contributed by atoms with Crippen molar-refractivity contribution >= 4 is 11.9 Å². The number of carbonyl (C=O) groups is 1. The molecule has 0 spiro atoms. The fourth-order valence-corrected chi connectivity index (χ4v) is 4.26. The molecule has 2 heterocycles. The van der Waals surface area contributed by atoms with Crippen LogP contribution in [0.1, 0.15) is 53.2 Å². The first kappa shape index (κ1) is 14.8. The molecule has 128 valence electrons. The van der Waals surface area contributed by atoms with Gasteiger partial charge in [-0.15, -0.1) is 0 Å². The van der Waals surface area contributed by atoms with Gasteiger partial charge in [-0.3, -0.25) is 4.79 Å². The molecule has 1 saturated carbocycles. The minimum absolute atomic E-state index is 0.0412. The van der Waals surface area contributed by atoms with Gasteiger partial charge in [-0.2, -0.15) is 0 Å². The Labute approximate surface area is 145 Å². The Hall–Kier alpha value is -2.47. The van der Waals surface area contributed by atoms with E-state index in [1.54, 1.807) is 12.1 Å². The van der Waals surface area contributed by atoms with E-state index >= 15 is 0 Å². The molecule has 25 heavy (non-hydrogen) atoms. The standard InChI is InChI=1S/C19H20N4O2/c1-9-14(24)8-23(9)19-21-16(10-2-4-11(5-3-10)18(20)25)15-12-6-13(7-12)17(15)22-19/h2-5,9,12-14,24H,6-8H2,1H3,(H2,20,25)/t9-,12?,13?,14+/m0/s1. The lowest BCUT2D eigenvalue weighted by molar-refractivity contribution is 0.0978. The zero-order valence-electron chi connectivity index (χ0n) is 14.0. The molecule has 2 bridgehead atoms. The fraction of sp³-hybridized carbons (Fsp3) is 0.421. The number of nitrogens with zero attached hydrogens (tertiary/aromatic N) is 3. The van der Waals surface area contributed by atoms with Crippen LogP contribution in [0.3, 0.4) is 0 Å². The van der Waals surface area contributed by atoms with E-state index in [-0.39, 0.29) is 12.1 Å². The average Bonchev–Trinajstić information content (AvgIpc) is 3.12. The summed E-state index contributed by atoms with van der Waals surface area (Å²) in [7, 11) is 0. The lowest BCUT2D eigenvalue weighted by Gasteiger charge is -2.43. The summed E-state index contributed by atoms with van der Waals surface area (Å²) >= 11 is 0. The van der Waals surface area contributed by atoms with Gasteiger partial charge in [0.05, 0.1) is 23.5 Å². The number of aromatic nitrogens is 2. The molecule has 1 saturated heterocycles. The van der Waals surface area contributed by atoms with E-state index in [1.165, 1.54) is 11.3 Å². The summed E-state index contributed by atoms with van der Waals surface area (Å²) in [5.74, 6) is 1.38. The maximum absolute atomic E-state index is 11.3. The van der Waals surface area contributed by atoms with Gasteiger partial charge in [-0.1, -0.05) is 12.1 Å². The number of hydrogen-bond donors (Lipinski definition) is 2. The normalized spacial score (nSPS) is 29.0. The summed E-state index contributed by atoms with van der Waals surface area (Å²) in [6.07, 6.45) is 2.01. The summed E-state index contributed by atoms with van der Waals surface area (Å²) in [5.41, 5.74) is 10.3. The van der Waals surface area contributed by atoms with Gasteiger partial charge in [0.2, 0.25) is 11.9 Å². The van der Waals surface area contributed by atoms with Gasteiger partial charge in [-0.05, 0) is 37.8 Å². The smallest absolute Gasteiger partial charge is 0.248 e. The highest BCUT2D eigenvalue weighted by molar-refractivity contribution is 5.93. The van der Waals surface area contributed by atoms with Gasteiger partial charge in [0.25, 0.3) is 0 Å². The molecular weight excluding hydrogens is 316 g/mol. The van der Waals surface area contributed by atoms with Crippen molar-refractivity contribution in [2.24, 2.45) is 5.73 Å². The summed E-state index contributed by atoms with van der Waals surface area (Å²) in [6.45, 7) is 2.57. The van der Waals surface area contributed by atoms with Crippen molar-refractivity contribution in [3.8, 4) is 11.3 Å². The van der Waals surface area contributed by atoms with Gasteiger partial charge < -0.3 is 15.7 Å². The third-order valence-corrected chi connectivity index (χ3v) is 6.03. The van der Waals surface area contributed by atoms with Crippen molar-refractivity contribution in [3.63, 3.8) is 0 Å². The summed E-state index contributed by atoms with van der Waals surface area (Å²) in [4.78, 5) is 23.1. The minimum Gasteiger partial charge on any atom is -0.389 e. The van der Waals surface area contributed by atoms with E-state index in [0.717, 1.165) is 24.1 Å². The highest BCUT2D eigenvalue weighted by Gasteiger charge is 2.46. The largest absolute Gasteiger partial charge is 0.389 e. The number of aliphatic hydroxyl groups is 1. The summed E-state index contributed by atoms with van der Waals surface area (Å²) < 4.78 is 0. The number of benzene rings is 1. The molecule has 2 atom stereocenters. The number of carbonyl (C=O) groups excluding carboxylic acids is 1. The molecule has 3 N–H and O–H groups in total. The molecule has 6 rings (SSSR count). The van der Waals surface area contributed by atoms with Crippen molar-refractivity contribution in [2.75, 3.05) is 11.4 Å². The topological polar surface area (TPSA) is 92.3 Å². The molecule has 2 fully saturated rings. The number of amides is 1. The third-order valence-electron chi connectivity index (χ3n) is 6.03. The maximum atomic E-state index is 11.3. The van der Waals surface area contributed by atoms with Crippen molar-refractivity contribution < 1.29 is 9.90 Å². The molecule has 2 aromatic rings. The highest BCUT2D eigenvalue weighted by Crippen LogP contribution is 2.59. The second-order valence-corrected chi connectivity index (χ2v) is 7.44. The van der Waals surface area contributed by atoms with Crippen LogP contribution < -0.4 is 10.6 Å². The van der Waals surface area contributed by atoms with Crippen LogP contribution in [0, 0.1) is 0 Å². The Morgan fingerprint density at radius 1 is 1.20 bits per heavy atom. The monoisotopic (exact) mass is 336 g/mol. The van der Waals surface area contributed by atoms with Gasteiger partial charge >= 0.3 is 0 Å². The molecule has 6 heteroatoms. The minimum atomic E-state index is -0.425. The second kappa shape index (κ2) is 5.02. The molecule has 0 radical (unpaired) electrons. The number of anilines is 1. The van der Waals surface area contributed by atoms with E-state index in [1.807, 2.05) is 19.1 Å². The van der Waals surface area contributed by atoms with Gasteiger partial charge in [0, 0.05) is 29.2 Å². The zero-order valence-corrected chi connectivity index (χ0v) is 14.0. The van der Waals surface area contributed by atoms with Gasteiger partial charge in [0.1, 0.15) is 0 Å². The van der Waals surface area contributed by atoms with E-state index < -0.39 is 5.91 Å². The molecule has 3 aliphatic carbocycles. The maximum Gasteiger partial charge on any atom is 0.248 e. The number of primary amides is 1. The third kappa shape index (κ3) is 2.03. The van der Waals surface area contributed by atoms with Gasteiger partial charge in [0.15, 0.2) is 0 Å². The number of hydrogen-bond acceptors (Lipinski definition) is 5. The average molecular weight is 336 g/mol. The van der Waals surface area contributed by atoms with Crippen LogP contribution >= 0.6 is 0 Å². The van der Waals surface area contributed by atoms with Crippen LogP contribution in [0.15, 0.2) is 24.3 Å². The molecule has 1 amide bonds. The van der Waals surface area contributed by atoms with Crippen LogP contribution in [-0.4, -0.2) is 39.7 Å². The Bertz CT molecular complexity index is 874. The van der Waals surface area contributed by atoms with Crippen LogP contribution in [0.4, 0.5) is 5.95 Å². The molecule has 1 aliphatic heterocycles.